The van der Waals surface area contributed by atoms with Crippen LogP contribution in [0.5, 0.6) is 0 Å². The van der Waals surface area contributed by atoms with Gasteiger partial charge in [-0.15, -0.1) is 6.58 Å². The second-order valence-corrected chi connectivity index (χ2v) is 4.14. The first kappa shape index (κ1) is 9.51. The highest BCUT2D eigenvalue weighted by atomic mass is 14.2. The molecule has 2 rings (SSSR count). The SMILES string of the molecule is C=C[C](C)c1cccc(C2CCC2)c1. The van der Waals surface area contributed by atoms with E-state index in [0.717, 1.165) is 5.92 Å². The van der Waals surface area contributed by atoms with Crippen LogP contribution in [0.2, 0.25) is 0 Å². The molecule has 1 fully saturated rings. The summed E-state index contributed by atoms with van der Waals surface area (Å²) < 4.78 is 0. The van der Waals surface area contributed by atoms with Crippen molar-refractivity contribution in [2.75, 3.05) is 0 Å². The van der Waals surface area contributed by atoms with Gasteiger partial charge < -0.3 is 0 Å². The highest BCUT2D eigenvalue weighted by molar-refractivity contribution is 5.39. The van der Waals surface area contributed by atoms with Crippen LogP contribution in [0.1, 0.15) is 43.2 Å². The van der Waals surface area contributed by atoms with E-state index in [1.165, 1.54) is 36.3 Å². The third-order valence-electron chi connectivity index (χ3n) is 3.22. The molecule has 1 aliphatic carbocycles. The van der Waals surface area contributed by atoms with Gasteiger partial charge in [-0.1, -0.05) is 43.7 Å². The molecule has 0 heteroatoms. The first-order valence-corrected chi connectivity index (χ1v) is 5.37. The Morgan fingerprint density at radius 2 is 2.21 bits per heavy atom. The highest BCUT2D eigenvalue weighted by Crippen LogP contribution is 2.37. The van der Waals surface area contributed by atoms with E-state index in [1.807, 2.05) is 6.08 Å². The molecule has 1 saturated carbocycles. The highest BCUT2D eigenvalue weighted by Gasteiger charge is 2.19. The van der Waals surface area contributed by atoms with Gasteiger partial charge in [0.05, 0.1) is 0 Å². The predicted molar refractivity (Wildman–Crippen MR) is 61.3 cm³/mol. The van der Waals surface area contributed by atoms with E-state index in [1.54, 1.807) is 0 Å². The summed E-state index contributed by atoms with van der Waals surface area (Å²) >= 11 is 0. The zero-order chi connectivity index (χ0) is 9.97. The Morgan fingerprint density at radius 1 is 1.43 bits per heavy atom. The van der Waals surface area contributed by atoms with Gasteiger partial charge in [-0.3, -0.25) is 0 Å². The first-order chi connectivity index (χ1) is 6.81. The molecule has 0 heterocycles. The van der Waals surface area contributed by atoms with Gasteiger partial charge in [0.2, 0.25) is 0 Å². The molecule has 1 aromatic carbocycles. The van der Waals surface area contributed by atoms with E-state index < -0.39 is 0 Å². The molecular formula is C14H17. The normalized spacial score (nSPS) is 16.7. The van der Waals surface area contributed by atoms with Crippen molar-refractivity contribution in [2.45, 2.75) is 32.1 Å². The van der Waals surface area contributed by atoms with Crippen LogP contribution < -0.4 is 0 Å². The summed E-state index contributed by atoms with van der Waals surface area (Å²) in [6.07, 6.45) is 6.08. The van der Waals surface area contributed by atoms with Gasteiger partial charge in [0.15, 0.2) is 0 Å². The molecule has 1 radical (unpaired) electrons. The molecule has 73 valence electrons. The maximum absolute atomic E-state index is 3.81. The van der Waals surface area contributed by atoms with Crippen LogP contribution in [0.25, 0.3) is 0 Å². The van der Waals surface area contributed by atoms with E-state index in [2.05, 4.69) is 37.8 Å². The van der Waals surface area contributed by atoms with Gasteiger partial charge in [-0.25, -0.2) is 0 Å². The lowest BCUT2D eigenvalue weighted by Gasteiger charge is -2.26. The van der Waals surface area contributed by atoms with Crippen molar-refractivity contribution < 1.29 is 0 Å². The zero-order valence-electron chi connectivity index (χ0n) is 8.79. The Balaban J connectivity index is 2.21. The molecule has 0 spiro atoms. The fraction of sp³-hybridized carbons (Fsp3) is 0.357. The monoisotopic (exact) mass is 185 g/mol. The Bertz CT molecular complexity index is 321. The summed E-state index contributed by atoms with van der Waals surface area (Å²) in [5.74, 6) is 2.10. The molecular weight excluding hydrogens is 168 g/mol. The molecule has 0 nitrogen and oxygen atoms in total. The van der Waals surface area contributed by atoms with Crippen molar-refractivity contribution >= 4 is 0 Å². The lowest BCUT2D eigenvalue weighted by atomic mass is 9.79. The summed E-state index contributed by atoms with van der Waals surface area (Å²) in [7, 11) is 0. The molecule has 0 saturated heterocycles. The summed E-state index contributed by atoms with van der Waals surface area (Å²) in [6.45, 7) is 5.93. The molecule has 0 bridgehead atoms. The molecule has 1 aliphatic rings. The molecule has 0 aromatic heterocycles. The van der Waals surface area contributed by atoms with E-state index in [4.69, 9.17) is 0 Å². The Labute approximate surface area is 86.7 Å². The largest absolute Gasteiger partial charge is 0.102 e. The van der Waals surface area contributed by atoms with Crippen LogP contribution in [-0.2, 0) is 0 Å². The van der Waals surface area contributed by atoms with Crippen LogP contribution in [-0.4, -0.2) is 0 Å². The molecule has 1 aromatic rings. The summed E-state index contributed by atoms with van der Waals surface area (Å²) in [5, 5.41) is 0. The fourth-order valence-electron chi connectivity index (χ4n) is 1.90. The molecule has 0 aliphatic heterocycles. The van der Waals surface area contributed by atoms with Crippen molar-refractivity contribution in [1.82, 2.24) is 0 Å². The lowest BCUT2D eigenvalue weighted by Crippen LogP contribution is -2.09. The topological polar surface area (TPSA) is 0 Å². The smallest absolute Gasteiger partial charge is 0.0230 e. The number of rotatable bonds is 3. The van der Waals surface area contributed by atoms with Gasteiger partial charge in [-0.2, -0.15) is 0 Å². The van der Waals surface area contributed by atoms with Gasteiger partial charge in [0.1, 0.15) is 0 Å². The Kier molecular flexibility index (Phi) is 2.72. The van der Waals surface area contributed by atoms with Crippen molar-refractivity contribution in [1.29, 1.82) is 0 Å². The zero-order valence-corrected chi connectivity index (χ0v) is 8.79. The lowest BCUT2D eigenvalue weighted by molar-refractivity contribution is 0.419. The van der Waals surface area contributed by atoms with Crippen LogP contribution in [0.3, 0.4) is 0 Å². The number of allylic oxidation sites excluding steroid dienone is 1. The molecule has 14 heavy (non-hydrogen) atoms. The fourth-order valence-corrected chi connectivity index (χ4v) is 1.90. The minimum Gasteiger partial charge on any atom is -0.102 e. The van der Waals surface area contributed by atoms with Crippen LogP contribution in [0.4, 0.5) is 0 Å². The van der Waals surface area contributed by atoms with Crippen molar-refractivity contribution in [3.63, 3.8) is 0 Å². The maximum Gasteiger partial charge on any atom is 0.0230 e. The van der Waals surface area contributed by atoms with Gasteiger partial charge in [-0.05, 0) is 29.9 Å². The van der Waals surface area contributed by atoms with Crippen LogP contribution >= 0.6 is 0 Å². The van der Waals surface area contributed by atoms with E-state index >= 15 is 0 Å². The van der Waals surface area contributed by atoms with Crippen molar-refractivity contribution in [3.8, 4) is 0 Å². The van der Waals surface area contributed by atoms with E-state index in [-0.39, 0.29) is 0 Å². The molecule has 0 unspecified atom stereocenters. The minimum atomic E-state index is 0.826. The standard InChI is InChI=1S/C14H17/c1-3-11(2)13-8-5-9-14(10-13)12-6-4-7-12/h3,5,8-10,12H,1,4,6-7H2,2H3. The Hall–Kier alpha value is -1.04. The van der Waals surface area contributed by atoms with Crippen LogP contribution in [0.15, 0.2) is 36.9 Å². The second-order valence-electron chi connectivity index (χ2n) is 4.14. The number of hydrogen-bond acceptors (Lipinski definition) is 0. The summed E-state index contributed by atoms with van der Waals surface area (Å²) in [5.41, 5.74) is 2.83. The van der Waals surface area contributed by atoms with Crippen molar-refractivity contribution in [3.05, 3.63) is 54.0 Å². The molecule has 0 atom stereocenters. The average molecular weight is 185 g/mol. The molecule has 0 amide bonds. The third kappa shape index (κ3) is 1.75. The van der Waals surface area contributed by atoms with Gasteiger partial charge in [0.25, 0.3) is 0 Å². The first-order valence-electron chi connectivity index (χ1n) is 5.37. The average Bonchev–Trinajstić information content (AvgIpc) is 2.14. The van der Waals surface area contributed by atoms with E-state index in [0.29, 0.717) is 0 Å². The minimum absolute atomic E-state index is 0.826. The summed E-state index contributed by atoms with van der Waals surface area (Å²) in [6, 6.07) is 8.90. The van der Waals surface area contributed by atoms with E-state index in [9.17, 15) is 0 Å². The van der Waals surface area contributed by atoms with Crippen LogP contribution in [0, 0.1) is 5.92 Å². The maximum atomic E-state index is 3.81. The summed E-state index contributed by atoms with van der Waals surface area (Å²) in [4.78, 5) is 0. The van der Waals surface area contributed by atoms with Crippen molar-refractivity contribution in [2.24, 2.45) is 0 Å². The van der Waals surface area contributed by atoms with Gasteiger partial charge >= 0.3 is 0 Å². The number of benzene rings is 1. The quantitative estimate of drug-likeness (QED) is 0.665. The second kappa shape index (κ2) is 4.00. The predicted octanol–water partition coefficient (Wildman–Crippen LogP) is 4.08. The van der Waals surface area contributed by atoms with Gasteiger partial charge in [0, 0.05) is 5.92 Å². The third-order valence-corrected chi connectivity index (χ3v) is 3.22. The number of hydrogen-bond donors (Lipinski definition) is 0. The molecule has 0 N–H and O–H groups in total. The Morgan fingerprint density at radius 3 is 2.79 bits per heavy atom.